The van der Waals surface area contributed by atoms with Crippen molar-refractivity contribution in [3.63, 3.8) is 0 Å². The molecule has 1 rings (SSSR count). The predicted octanol–water partition coefficient (Wildman–Crippen LogP) is 3.00. The van der Waals surface area contributed by atoms with Crippen molar-refractivity contribution < 1.29 is 21.6 Å². The number of halogens is 3. The molecule has 0 aliphatic heterocycles. The van der Waals surface area contributed by atoms with Crippen LogP contribution in [0, 0.1) is 0 Å². The van der Waals surface area contributed by atoms with Gasteiger partial charge in [0.1, 0.15) is 0 Å². The van der Waals surface area contributed by atoms with Gasteiger partial charge in [0.15, 0.2) is 9.84 Å². The van der Waals surface area contributed by atoms with Crippen LogP contribution < -0.4 is 5.73 Å². The number of rotatable bonds is 6. The summed E-state index contributed by atoms with van der Waals surface area (Å²) < 4.78 is 61.0. The van der Waals surface area contributed by atoms with Crippen LogP contribution in [-0.2, 0) is 16.0 Å². The minimum absolute atomic E-state index is 0.0437. The first-order valence-corrected chi connectivity index (χ1v) is 7.97. The van der Waals surface area contributed by atoms with Gasteiger partial charge < -0.3 is 5.73 Å². The van der Waals surface area contributed by atoms with Crippen molar-refractivity contribution >= 4 is 9.84 Å². The zero-order valence-electron chi connectivity index (χ0n) is 11.2. The second-order valence-electron chi connectivity index (χ2n) is 4.65. The zero-order valence-corrected chi connectivity index (χ0v) is 12.0. The molecule has 3 nitrogen and oxygen atoms in total. The van der Waals surface area contributed by atoms with E-state index in [1.807, 2.05) is 6.92 Å². The Morgan fingerprint density at radius 2 is 1.75 bits per heavy atom. The lowest BCUT2D eigenvalue weighted by molar-refractivity contribution is -0.137. The number of hydrogen-bond donors (Lipinski definition) is 1. The molecule has 0 fully saturated rings. The summed E-state index contributed by atoms with van der Waals surface area (Å²) in [7, 11) is -3.55. The molecule has 0 amide bonds. The fourth-order valence-corrected chi connectivity index (χ4v) is 3.04. The van der Waals surface area contributed by atoms with E-state index in [1.165, 1.54) is 0 Å². The molecule has 114 valence electrons. The molecule has 2 N–H and O–H groups in total. The Balaban J connectivity index is 2.73. The molecular formula is C13H18F3NO2S. The van der Waals surface area contributed by atoms with Gasteiger partial charge in [0.2, 0.25) is 0 Å². The van der Waals surface area contributed by atoms with Crippen LogP contribution in [0.4, 0.5) is 13.2 Å². The van der Waals surface area contributed by atoms with Crippen molar-refractivity contribution in [1.29, 1.82) is 0 Å². The van der Waals surface area contributed by atoms with Crippen molar-refractivity contribution in [2.75, 3.05) is 5.75 Å². The van der Waals surface area contributed by atoms with E-state index in [0.29, 0.717) is 12.8 Å². The normalized spacial score (nSPS) is 14.2. The minimum Gasteiger partial charge on any atom is -0.328 e. The van der Waals surface area contributed by atoms with Crippen molar-refractivity contribution in [3.8, 4) is 0 Å². The number of hydrogen-bond acceptors (Lipinski definition) is 3. The first-order valence-electron chi connectivity index (χ1n) is 6.32. The maximum absolute atomic E-state index is 12.4. The highest BCUT2D eigenvalue weighted by Gasteiger charge is 2.30. The van der Waals surface area contributed by atoms with Gasteiger partial charge in [-0.15, -0.1) is 0 Å². The van der Waals surface area contributed by atoms with Gasteiger partial charge >= 0.3 is 6.18 Å². The van der Waals surface area contributed by atoms with Crippen molar-refractivity contribution in [1.82, 2.24) is 0 Å². The summed E-state index contributed by atoms with van der Waals surface area (Å²) >= 11 is 0. The topological polar surface area (TPSA) is 60.2 Å². The first-order chi connectivity index (χ1) is 9.16. The second-order valence-corrected chi connectivity index (χ2v) is 6.76. The summed E-state index contributed by atoms with van der Waals surface area (Å²) in [5.74, 6) is -0.105. The highest BCUT2D eigenvalue weighted by atomic mass is 32.2. The van der Waals surface area contributed by atoms with E-state index in [0.717, 1.165) is 30.7 Å². The van der Waals surface area contributed by atoms with Crippen LogP contribution in [0.25, 0.3) is 0 Å². The van der Waals surface area contributed by atoms with Gasteiger partial charge in [-0.1, -0.05) is 6.92 Å². The summed E-state index contributed by atoms with van der Waals surface area (Å²) in [5.41, 5.74) is 4.83. The van der Waals surface area contributed by atoms with E-state index in [2.05, 4.69) is 0 Å². The van der Waals surface area contributed by atoms with Gasteiger partial charge in [-0.05, 0) is 43.5 Å². The fourth-order valence-electron chi connectivity index (χ4n) is 1.71. The summed E-state index contributed by atoms with van der Waals surface area (Å²) in [5, 5.41) is 0. The molecule has 0 bridgehead atoms. The van der Waals surface area contributed by atoms with Crippen LogP contribution in [-0.4, -0.2) is 20.2 Å². The Hall–Kier alpha value is -1.08. The predicted molar refractivity (Wildman–Crippen MR) is 71.0 cm³/mol. The molecule has 0 saturated carbocycles. The molecule has 1 atom stereocenters. The zero-order chi connectivity index (χ0) is 15.4. The highest BCUT2D eigenvalue weighted by Crippen LogP contribution is 2.29. The van der Waals surface area contributed by atoms with Crippen LogP contribution in [0.5, 0.6) is 0 Å². The lowest BCUT2D eigenvalue weighted by atomic mass is 10.1. The molecule has 0 aliphatic rings. The van der Waals surface area contributed by atoms with E-state index in [1.54, 1.807) is 0 Å². The van der Waals surface area contributed by atoms with Gasteiger partial charge in [-0.3, -0.25) is 0 Å². The number of sulfone groups is 1. The average molecular weight is 309 g/mol. The average Bonchev–Trinajstić information content (AvgIpc) is 2.37. The summed E-state index contributed by atoms with van der Waals surface area (Å²) in [6.07, 6.45) is -2.72. The van der Waals surface area contributed by atoms with Crippen LogP contribution >= 0.6 is 0 Å². The molecule has 0 aromatic heterocycles. The molecule has 0 radical (unpaired) electrons. The van der Waals surface area contributed by atoms with Crippen LogP contribution in [0.1, 0.15) is 31.7 Å². The summed E-state index contributed by atoms with van der Waals surface area (Å²) in [6, 6.07) is 3.52. The lowest BCUT2D eigenvalue weighted by Crippen LogP contribution is -2.19. The molecular weight excluding hydrogens is 291 g/mol. The van der Waals surface area contributed by atoms with E-state index in [-0.39, 0.29) is 16.7 Å². The molecule has 20 heavy (non-hydrogen) atoms. The lowest BCUT2D eigenvalue weighted by Gasteiger charge is -2.10. The van der Waals surface area contributed by atoms with E-state index in [4.69, 9.17) is 5.73 Å². The first kappa shape index (κ1) is 17.0. The number of benzene rings is 1. The third kappa shape index (κ3) is 4.79. The third-order valence-corrected chi connectivity index (χ3v) is 4.87. The Bertz CT molecular complexity index is 524. The van der Waals surface area contributed by atoms with Crippen LogP contribution in [0.3, 0.4) is 0 Å². The highest BCUT2D eigenvalue weighted by molar-refractivity contribution is 7.91. The Morgan fingerprint density at radius 1 is 1.20 bits per heavy atom. The molecule has 0 heterocycles. The van der Waals surface area contributed by atoms with Crippen molar-refractivity contribution in [2.45, 2.75) is 43.3 Å². The second kappa shape index (κ2) is 6.58. The summed E-state index contributed by atoms with van der Waals surface area (Å²) in [4.78, 5) is -0.0874. The Morgan fingerprint density at radius 3 is 2.20 bits per heavy atom. The van der Waals surface area contributed by atoms with Gasteiger partial charge in [0.05, 0.1) is 16.2 Å². The molecule has 1 aromatic carbocycles. The van der Waals surface area contributed by atoms with E-state index >= 15 is 0 Å². The standard InChI is InChI=1S/C13H18F3NO2S/c1-2-11(17)4-3-9-20(18,19)12-7-5-10(6-8-12)13(14,15)16/h5-8,11H,2-4,9,17H2,1H3. The van der Waals surface area contributed by atoms with Crippen molar-refractivity contribution in [3.05, 3.63) is 29.8 Å². The Kier molecular flexibility index (Phi) is 5.59. The molecule has 7 heteroatoms. The smallest absolute Gasteiger partial charge is 0.328 e. The molecule has 0 spiro atoms. The third-order valence-electron chi connectivity index (χ3n) is 3.05. The molecule has 0 saturated heterocycles. The van der Waals surface area contributed by atoms with Gasteiger partial charge in [0.25, 0.3) is 0 Å². The van der Waals surface area contributed by atoms with Crippen molar-refractivity contribution in [2.24, 2.45) is 5.73 Å². The minimum atomic E-state index is -4.46. The SMILES string of the molecule is CCC(N)CCCS(=O)(=O)c1ccc(C(F)(F)F)cc1. The monoisotopic (exact) mass is 309 g/mol. The van der Waals surface area contributed by atoms with Gasteiger partial charge in [-0.25, -0.2) is 8.42 Å². The quantitative estimate of drug-likeness (QED) is 0.878. The molecule has 1 aromatic rings. The van der Waals surface area contributed by atoms with Crippen LogP contribution in [0.15, 0.2) is 29.2 Å². The van der Waals surface area contributed by atoms with E-state index in [9.17, 15) is 21.6 Å². The largest absolute Gasteiger partial charge is 0.416 e. The van der Waals surface area contributed by atoms with Crippen LogP contribution in [0.2, 0.25) is 0 Å². The fraction of sp³-hybridized carbons (Fsp3) is 0.538. The van der Waals surface area contributed by atoms with Gasteiger partial charge in [0, 0.05) is 6.04 Å². The van der Waals surface area contributed by atoms with E-state index < -0.39 is 21.6 Å². The Labute approximate surface area is 116 Å². The number of alkyl halides is 3. The molecule has 1 unspecified atom stereocenters. The molecule has 0 aliphatic carbocycles. The van der Waals surface area contributed by atoms with Gasteiger partial charge in [-0.2, -0.15) is 13.2 Å². The maximum Gasteiger partial charge on any atom is 0.416 e. The summed E-state index contributed by atoms with van der Waals surface area (Å²) in [6.45, 7) is 1.91. The number of nitrogens with two attached hydrogens (primary N) is 1. The maximum atomic E-state index is 12.4.